The Balaban J connectivity index is 1.66. The first-order valence-corrected chi connectivity index (χ1v) is 9.29. The highest BCUT2D eigenvalue weighted by molar-refractivity contribution is 6.34. The number of rotatable bonds is 7. The average Bonchev–Trinajstić information content (AvgIpc) is 2.88. The van der Waals surface area contributed by atoms with Crippen molar-refractivity contribution in [2.75, 3.05) is 31.6 Å². The molecule has 1 aliphatic heterocycles. The molecule has 3 rings (SSSR count). The first-order chi connectivity index (χ1) is 13.2. The number of hydrogen-bond donors (Lipinski definition) is 1. The molecule has 0 atom stereocenters. The third kappa shape index (κ3) is 5.49. The maximum absolute atomic E-state index is 12.6. The minimum atomic E-state index is -0.149. The monoisotopic (exact) mass is 386 g/mol. The highest BCUT2D eigenvalue weighted by Gasteiger charge is 2.17. The number of benzene rings is 2. The van der Waals surface area contributed by atoms with E-state index in [1.165, 1.54) is 0 Å². The Bertz CT molecular complexity index is 796. The Morgan fingerprint density at radius 3 is 2.59 bits per heavy atom. The van der Waals surface area contributed by atoms with Crippen LogP contribution < -0.4 is 14.8 Å². The fraction of sp³-hybridized carbons (Fsp3) is 0.286. The van der Waals surface area contributed by atoms with Crippen LogP contribution >= 0.6 is 11.6 Å². The van der Waals surface area contributed by atoms with Gasteiger partial charge in [-0.1, -0.05) is 48.0 Å². The minimum absolute atomic E-state index is 0.149. The Morgan fingerprint density at radius 2 is 1.89 bits per heavy atom. The molecule has 142 valence electrons. The van der Waals surface area contributed by atoms with Crippen LogP contribution in [0.15, 0.2) is 55.1 Å². The van der Waals surface area contributed by atoms with Gasteiger partial charge in [-0.2, -0.15) is 0 Å². The van der Waals surface area contributed by atoms with Crippen LogP contribution in [0.3, 0.4) is 0 Å². The summed E-state index contributed by atoms with van der Waals surface area (Å²) in [4.78, 5) is 14.6. The van der Waals surface area contributed by atoms with Gasteiger partial charge >= 0.3 is 0 Å². The van der Waals surface area contributed by atoms with Crippen molar-refractivity contribution < 1.29 is 14.3 Å². The lowest BCUT2D eigenvalue weighted by Crippen LogP contribution is -2.33. The van der Waals surface area contributed by atoms with Crippen LogP contribution in [0.2, 0.25) is 5.02 Å². The van der Waals surface area contributed by atoms with E-state index in [4.69, 9.17) is 21.1 Å². The van der Waals surface area contributed by atoms with Gasteiger partial charge in [0.1, 0.15) is 0 Å². The molecule has 1 aliphatic rings. The molecule has 6 heteroatoms. The number of fused-ring (bicyclic) bond motifs is 1. The van der Waals surface area contributed by atoms with E-state index in [0.29, 0.717) is 48.5 Å². The lowest BCUT2D eigenvalue weighted by molar-refractivity contribution is -0.117. The van der Waals surface area contributed by atoms with Gasteiger partial charge in [-0.15, -0.1) is 6.58 Å². The van der Waals surface area contributed by atoms with Gasteiger partial charge < -0.3 is 14.8 Å². The second kappa shape index (κ2) is 9.44. The van der Waals surface area contributed by atoms with Crippen molar-refractivity contribution >= 4 is 23.2 Å². The zero-order valence-electron chi connectivity index (χ0n) is 15.1. The first-order valence-electron chi connectivity index (χ1n) is 8.92. The van der Waals surface area contributed by atoms with E-state index in [2.05, 4.69) is 11.9 Å². The Kier molecular flexibility index (Phi) is 6.74. The lowest BCUT2D eigenvalue weighted by Gasteiger charge is -2.20. The molecular weight excluding hydrogens is 364 g/mol. The molecule has 0 spiro atoms. The Morgan fingerprint density at radius 1 is 1.19 bits per heavy atom. The zero-order chi connectivity index (χ0) is 19.1. The highest BCUT2D eigenvalue weighted by atomic mass is 35.5. The van der Waals surface area contributed by atoms with Crippen LogP contribution in [0.4, 0.5) is 5.69 Å². The SMILES string of the molecule is C=CCN(CC(=O)Nc1cc2c(cc1Cl)OCCCO2)Cc1ccccc1. The molecule has 0 aliphatic carbocycles. The van der Waals surface area contributed by atoms with Crippen molar-refractivity contribution in [2.24, 2.45) is 0 Å². The number of nitrogens with one attached hydrogen (secondary N) is 1. The van der Waals surface area contributed by atoms with Crippen LogP contribution in [-0.4, -0.2) is 37.1 Å². The molecule has 2 aromatic rings. The number of nitrogens with zero attached hydrogens (tertiary/aromatic N) is 1. The second-order valence-electron chi connectivity index (χ2n) is 6.32. The van der Waals surface area contributed by atoms with Gasteiger partial charge in [0.2, 0.25) is 5.91 Å². The van der Waals surface area contributed by atoms with Crippen molar-refractivity contribution in [3.05, 3.63) is 65.7 Å². The maximum Gasteiger partial charge on any atom is 0.238 e. The fourth-order valence-electron chi connectivity index (χ4n) is 2.88. The molecule has 0 bridgehead atoms. The molecule has 0 fully saturated rings. The van der Waals surface area contributed by atoms with Crippen LogP contribution in [-0.2, 0) is 11.3 Å². The summed E-state index contributed by atoms with van der Waals surface area (Å²) in [6.07, 6.45) is 2.60. The van der Waals surface area contributed by atoms with Gasteiger partial charge in [0.05, 0.1) is 30.5 Å². The van der Waals surface area contributed by atoms with E-state index in [0.717, 1.165) is 12.0 Å². The van der Waals surface area contributed by atoms with Crippen molar-refractivity contribution in [3.63, 3.8) is 0 Å². The predicted molar refractivity (Wildman–Crippen MR) is 108 cm³/mol. The van der Waals surface area contributed by atoms with Crippen molar-refractivity contribution in [2.45, 2.75) is 13.0 Å². The number of amides is 1. The third-order valence-corrected chi connectivity index (χ3v) is 4.43. The van der Waals surface area contributed by atoms with Crippen LogP contribution in [0.5, 0.6) is 11.5 Å². The molecule has 0 radical (unpaired) electrons. The molecule has 1 amide bonds. The summed E-state index contributed by atoms with van der Waals surface area (Å²) in [7, 11) is 0. The van der Waals surface area contributed by atoms with Gasteiger partial charge in [0, 0.05) is 31.6 Å². The van der Waals surface area contributed by atoms with Gasteiger partial charge in [0.15, 0.2) is 11.5 Å². The standard InChI is InChI=1S/C21H23ClN2O3/c1-2-9-24(14-16-7-4-3-5-8-16)15-21(25)23-18-13-20-19(12-17(18)22)26-10-6-11-27-20/h2-5,7-8,12-13H,1,6,9-11,14-15H2,(H,23,25). The van der Waals surface area contributed by atoms with E-state index in [1.807, 2.05) is 35.2 Å². The molecule has 0 saturated carbocycles. The molecule has 2 aromatic carbocycles. The summed E-state index contributed by atoms with van der Waals surface area (Å²) in [5, 5.41) is 3.30. The van der Waals surface area contributed by atoms with E-state index in [1.54, 1.807) is 18.2 Å². The predicted octanol–water partition coefficient (Wildman–Crippen LogP) is 4.13. The van der Waals surface area contributed by atoms with Gasteiger partial charge in [0.25, 0.3) is 0 Å². The molecule has 0 saturated heterocycles. The zero-order valence-corrected chi connectivity index (χ0v) is 15.9. The Hall–Kier alpha value is -2.50. The summed E-state index contributed by atoms with van der Waals surface area (Å²) in [5.74, 6) is 1.05. The molecular formula is C21H23ClN2O3. The first kappa shape index (κ1) is 19.3. The van der Waals surface area contributed by atoms with Crippen LogP contribution in [0.25, 0.3) is 0 Å². The van der Waals surface area contributed by atoms with E-state index in [9.17, 15) is 4.79 Å². The Labute approximate surface area is 164 Å². The quantitative estimate of drug-likeness (QED) is 0.727. The van der Waals surface area contributed by atoms with E-state index in [-0.39, 0.29) is 12.5 Å². The smallest absolute Gasteiger partial charge is 0.238 e. The van der Waals surface area contributed by atoms with Gasteiger partial charge in [-0.3, -0.25) is 9.69 Å². The van der Waals surface area contributed by atoms with Gasteiger partial charge in [-0.05, 0) is 5.56 Å². The number of ether oxygens (including phenoxy) is 2. The van der Waals surface area contributed by atoms with Crippen molar-refractivity contribution in [3.8, 4) is 11.5 Å². The number of carbonyl (C=O) groups excluding carboxylic acids is 1. The van der Waals surface area contributed by atoms with E-state index >= 15 is 0 Å². The summed E-state index contributed by atoms with van der Waals surface area (Å²) >= 11 is 6.31. The molecule has 1 heterocycles. The molecule has 27 heavy (non-hydrogen) atoms. The normalized spacial score (nSPS) is 13.1. The number of halogens is 1. The largest absolute Gasteiger partial charge is 0.490 e. The number of carbonyl (C=O) groups is 1. The minimum Gasteiger partial charge on any atom is -0.490 e. The second-order valence-corrected chi connectivity index (χ2v) is 6.73. The lowest BCUT2D eigenvalue weighted by atomic mass is 10.2. The highest BCUT2D eigenvalue weighted by Crippen LogP contribution is 2.37. The maximum atomic E-state index is 12.6. The summed E-state index contributed by atoms with van der Waals surface area (Å²) in [5.41, 5.74) is 1.66. The summed E-state index contributed by atoms with van der Waals surface area (Å²) in [6, 6.07) is 13.4. The van der Waals surface area contributed by atoms with Crippen molar-refractivity contribution in [1.82, 2.24) is 4.90 Å². The third-order valence-electron chi connectivity index (χ3n) is 4.11. The topological polar surface area (TPSA) is 50.8 Å². The van der Waals surface area contributed by atoms with Crippen LogP contribution in [0, 0.1) is 0 Å². The number of anilines is 1. The number of hydrogen-bond acceptors (Lipinski definition) is 4. The van der Waals surface area contributed by atoms with Gasteiger partial charge in [-0.25, -0.2) is 0 Å². The molecule has 0 aromatic heterocycles. The van der Waals surface area contributed by atoms with E-state index < -0.39 is 0 Å². The summed E-state index contributed by atoms with van der Waals surface area (Å²) in [6.45, 7) is 6.44. The summed E-state index contributed by atoms with van der Waals surface area (Å²) < 4.78 is 11.3. The van der Waals surface area contributed by atoms with Crippen molar-refractivity contribution in [1.29, 1.82) is 0 Å². The molecule has 5 nitrogen and oxygen atoms in total. The fourth-order valence-corrected chi connectivity index (χ4v) is 3.08. The average molecular weight is 387 g/mol. The van der Waals surface area contributed by atoms with Crippen LogP contribution in [0.1, 0.15) is 12.0 Å². The molecule has 1 N–H and O–H groups in total. The molecule has 0 unspecified atom stereocenters.